The molecule has 0 bridgehead atoms. The van der Waals surface area contributed by atoms with Crippen molar-refractivity contribution in [2.45, 2.75) is 18.9 Å². The first-order chi connectivity index (χ1) is 8.50. The van der Waals surface area contributed by atoms with Gasteiger partial charge in [0, 0.05) is 12.8 Å². The number of anilines is 1. The summed E-state index contributed by atoms with van der Waals surface area (Å²) < 4.78 is 4.97. The van der Waals surface area contributed by atoms with E-state index in [1.54, 1.807) is 12.1 Å². The van der Waals surface area contributed by atoms with Gasteiger partial charge in [0.25, 0.3) is 0 Å². The number of carbonyl (C=O) groups is 2. The topological polar surface area (TPSA) is 66.8 Å². The Kier molecular flexibility index (Phi) is 3.09. The first-order valence-corrected chi connectivity index (χ1v) is 5.64. The minimum Gasteiger partial charge on any atom is -0.479 e. The van der Waals surface area contributed by atoms with E-state index in [-0.39, 0.29) is 18.9 Å². The third-order valence-electron chi connectivity index (χ3n) is 3.20. The second kappa shape index (κ2) is 4.42. The molecule has 1 amide bonds. The summed E-state index contributed by atoms with van der Waals surface area (Å²) in [5.74, 6) is -1.28. The van der Waals surface area contributed by atoms with Crippen molar-refractivity contribution in [2.24, 2.45) is 0 Å². The van der Waals surface area contributed by atoms with E-state index in [9.17, 15) is 14.7 Å². The number of fused-ring (bicyclic) bond motifs is 1. The lowest BCUT2D eigenvalue weighted by Crippen LogP contribution is -2.57. The summed E-state index contributed by atoms with van der Waals surface area (Å²) in [4.78, 5) is 24.9. The molecule has 2 rings (SSSR count). The number of para-hydroxylation sites is 1. The highest BCUT2D eigenvalue weighted by atomic mass is 16.5. The number of methoxy groups -OCH3 is 1. The molecule has 0 aliphatic carbocycles. The van der Waals surface area contributed by atoms with Crippen molar-refractivity contribution >= 4 is 17.6 Å². The van der Waals surface area contributed by atoms with Crippen molar-refractivity contribution < 1.29 is 19.4 Å². The van der Waals surface area contributed by atoms with Crippen molar-refractivity contribution in [3.05, 3.63) is 29.8 Å². The molecule has 1 atom stereocenters. The van der Waals surface area contributed by atoms with Crippen LogP contribution in [0.5, 0.6) is 0 Å². The molecule has 0 spiro atoms. The number of nitrogens with zero attached hydrogens (tertiary/aromatic N) is 1. The third-order valence-corrected chi connectivity index (χ3v) is 3.20. The molecular weight excluding hydrogens is 234 g/mol. The summed E-state index contributed by atoms with van der Waals surface area (Å²) in [7, 11) is 1.42. The van der Waals surface area contributed by atoms with Crippen molar-refractivity contribution in [1.29, 1.82) is 0 Å². The molecule has 1 aliphatic rings. The summed E-state index contributed by atoms with van der Waals surface area (Å²) in [5.41, 5.74) is 0.133. The summed E-state index contributed by atoms with van der Waals surface area (Å²) in [6.07, 6.45) is 0.239. The Morgan fingerprint density at radius 3 is 2.78 bits per heavy atom. The molecule has 18 heavy (non-hydrogen) atoms. The number of ether oxygens (including phenoxy) is 1. The van der Waals surface area contributed by atoms with Gasteiger partial charge in [-0.25, -0.2) is 4.79 Å². The molecule has 1 aliphatic heterocycles. The van der Waals surface area contributed by atoms with Gasteiger partial charge in [-0.1, -0.05) is 18.2 Å². The second-order valence-electron chi connectivity index (χ2n) is 4.55. The van der Waals surface area contributed by atoms with E-state index in [4.69, 9.17) is 4.74 Å². The largest absolute Gasteiger partial charge is 0.479 e. The Morgan fingerprint density at radius 2 is 2.17 bits per heavy atom. The lowest BCUT2D eigenvalue weighted by molar-refractivity contribution is -0.146. The number of carboxylic acid groups (broad SMARTS) is 1. The minimum absolute atomic E-state index is 0.0532. The van der Waals surface area contributed by atoms with Crippen LogP contribution in [0.3, 0.4) is 0 Å². The van der Waals surface area contributed by atoms with Gasteiger partial charge < -0.3 is 9.84 Å². The van der Waals surface area contributed by atoms with Crippen LogP contribution >= 0.6 is 0 Å². The van der Waals surface area contributed by atoms with E-state index >= 15 is 0 Å². The van der Waals surface area contributed by atoms with Crippen molar-refractivity contribution in [3.8, 4) is 0 Å². The van der Waals surface area contributed by atoms with Gasteiger partial charge in [0.05, 0.1) is 13.0 Å². The Morgan fingerprint density at radius 1 is 1.50 bits per heavy atom. The van der Waals surface area contributed by atoms with Crippen LogP contribution in [0.1, 0.15) is 12.5 Å². The summed E-state index contributed by atoms with van der Waals surface area (Å²) in [6, 6.07) is 7.23. The average Bonchev–Trinajstić information content (AvgIpc) is 2.65. The van der Waals surface area contributed by atoms with Crippen LogP contribution in [0.15, 0.2) is 24.3 Å². The maximum Gasteiger partial charge on any atom is 0.332 e. The first-order valence-electron chi connectivity index (χ1n) is 5.64. The average molecular weight is 249 g/mol. The highest BCUT2D eigenvalue weighted by molar-refractivity contribution is 6.07. The van der Waals surface area contributed by atoms with Crippen molar-refractivity contribution in [1.82, 2.24) is 0 Å². The molecule has 0 radical (unpaired) electrons. The summed E-state index contributed by atoms with van der Waals surface area (Å²) in [6.45, 7) is 1.45. The zero-order valence-corrected chi connectivity index (χ0v) is 10.3. The van der Waals surface area contributed by atoms with Gasteiger partial charge in [-0.2, -0.15) is 0 Å². The Hall–Kier alpha value is -1.88. The maximum atomic E-state index is 12.1. The van der Waals surface area contributed by atoms with Crippen LogP contribution in [0.2, 0.25) is 0 Å². The summed E-state index contributed by atoms with van der Waals surface area (Å²) in [5, 5.41) is 9.39. The zero-order valence-electron chi connectivity index (χ0n) is 10.3. The predicted molar refractivity (Wildman–Crippen MR) is 65.5 cm³/mol. The predicted octanol–water partition coefficient (Wildman–Crippen LogP) is 1.07. The fraction of sp³-hybridized carbons (Fsp3) is 0.385. The number of rotatable bonds is 4. The van der Waals surface area contributed by atoms with E-state index < -0.39 is 11.5 Å². The van der Waals surface area contributed by atoms with Crippen molar-refractivity contribution in [3.63, 3.8) is 0 Å². The molecule has 0 fully saturated rings. The van der Waals surface area contributed by atoms with Crippen LogP contribution < -0.4 is 4.90 Å². The van der Waals surface area contributed by atoms with Gasteiger partial charge in [-0.3, -0.25) is 9.69 Å². The Balaban J connectivity index is 2.49. The number of carboxylic acids is 1. The number of benzene rings is 1. The van der Waals surface area contributed by atoms with Crippen LogP contribution in [-0.2, 0) is 20.7 Å². The molecule has 0 saturated carbocycles. The SMILES string of the molecule is COCC(C)(C(=O)O)N1C(=O)Cc2ccccc21. The van der Waals surface area contributed by atoms with Crippen LogP contribution in [0.25, 0.3) is 0 Å². The van der Waals surface area contributed by atoms with Gasteiger partial charge in [0.1, 0.15) is 0 Å². The molecular formula is C13H15NO4. The fourth-order valence-corrected chi connectivity index (χ4v) is 2.30. The standard InChI is InChI=1S/C13H15NO4/c1-13(8-18-2,12(16)17)14-10-6-4-3-5-9(10)7-11(14)15/h3-6H,7-8H2,1-2H3,(H,16,17). The molecule has 1 aromatic rings. The lowest BCUT2D eigenvalue weighted by atomic mass is 10.0. The van der Waals surface area contributed by atoms with Gasteiger partial charge in [-0.05, 0) is 18.6 Å². The van der Waals surface area contributed by atoms with Crippen LogP contribution in [0.4, 0.5) is 5.69 Å². The van der Waals surface area contributed by atoms with E-state index in [1.807, 2.05) is 12.1 Å². The highest BCUT2D eigenvalue weighted by Gasteiger charge is 2.46. The number of aliphatic carboxylic acids is 1. The van der Waals surface area contributed by atoms with Gasteiger partial charge >= 0.3 is 5.97 Å². The monoisotopic (exact) mass is 249 g/mol. The lowest BCUT2D eigenvalue weighted by Gasteiger charge is -2.34. The number of hydrogen-bond acceptors (Lipinski definition) is 3. The molecule has 1 unspecified atom stereocenters. The summed E-state index contributed by atoms with van der Waals surface area (Å²) >= 11 is 0. The third kappa shape index (κ3) is 1.76. The first kappa shape index (κ1) is 12.6. The number of carbonyl (C=O) groups excluding carboxylic acids is 1. The smallest absolute Gasteiger partial charge is 0.332 e. The van der Waals surface area contributed by atoms with Crippen LogP contribution in [0, 0.1) is 0 Å². The normalized spacial score (nSPS) is 17.4. The van der Waals surface area contributed by atoms with E-state index in [1.165, 1.54) is 18.9 Å². The van der Waals surface area contributed by atoms with E-state index in [0.717, 1.165) is 5.56 Å². The minimum atomic E-state index is -1.38. The maximum absolute atomic E-state index is 12.1. The number of hydrogen-bond donors (Lipinski definition) is 1. The highest BCUT2D eigenvalue weighted by Crippen LogP contribution is 2.34. The van der Waals surface area contributed by atoms with Crippen molar-refractivity contribution in [2.75, 3.05) is 18.6 Å². The zero-order chi connectivity index (χ0) is 13.3. The molecule has 5 heteroatoms. The molecule has 0 saturated heterocycles. The quantitative estimate of drug-likeness (QED) is 0.866. The second-order valence-corrected chi connectivity index (χ2v) is 4.55. The van der Waals surface area contributed by atoms with Gasteiger partial charge in [0.2, 0.25) is 5.91 Å². The molecule has 5 nitrogen and oxygen atoms in total. The van der Waals surface area contributed by atoms with Crippen LogP contribution in [-0.4, -0.2) is 36.2 Å². The van der Waals surface area contributed by atoms with E-state index in [0.29, 0.717) is 5.69 Å². The molecule has 1 heterocycles. The molecule has 96 valence electrons. The number of amides is 1. The van der Waals surface area contributed by atoms with Gasteiger partial charge in [-0.15, -0.1) is 0 Å². The Labute approximate surface area is 105 Å². The molecule has 1 aromatic carbocycles. The van der Waals surface area contributed by atoms with Gasteiger partial charge in [0.15, 0.2) is 5.54 Å². The molecule has 0 aromatic heterocycles. The fourth-order valence-electron chi connectivity index (χ4n) is 2.30. The Bertz CT molecular complexity index is 500. The van der Waals surface area contributed by atoms with E-state index in [2.05, 4.69) is 0 Å². The molecule has 1 N–H and O–H groups in total.